The zero-order chi connectivity index (χ0) is 13.3. The quantitative estimate of drug-likeness (QED) is 0.835. The minimum Gasteiger partial charge on any atom is -0.496 e. The number of Topliss-reactive ketones (excluding diaryl/α,β-unsaturated/α-hetero) is 1. The van der Waals surface area contributed by atoms with Crippen LogP contribution in [-0.2, 0) is 0 Å². The van der Waals surface area contributed by atoms with Gasteiger partial charge in [-0.15, -0.1) is 0 Å². The highest BCUT2D eigenvalue weighted by Crippen LogP contribution is 2.41. The predicted octanol–water partition coefficient (Wildman–Crippen LogP) is 2.70. The summed E-state index contributed by atoms with van der Waals surface area (Å²) in [5, 5.41) is 0. The van der Waals surface area contributed by atoms with Gasteiger partial charge in [-0.25, -0.2) is 0 Å². The molecular weight excluding hydrogens is 226 g/mol. The topological polar surface area (TPSA) is 52.3 Å². The minimum atomic E-state index is -0.443. The average molecular weight is 247 g/mol. The van der Waals surface area contributed by atoms with Gasteiger partial charge in [-0.2, -0.15) is 0 Å². The highest BCUT2D eigenvalue weighted by Gasteiger charge is 2.43. The molecule has 0 heterocycles. The second-order valence-corrected chi connectivity index (χ2v) is 5.45. The van der Waals surface area contributed by atoms with Crippen LogP contribution < -0.4 is 10.5 Å². The Labute approximate surface area is 108 Å². The van der Waals surface area contributed by atoms with Crippen LogP contribution in [0, 0.1) is 12.3 Å². The van der Waals surface area contributed by atoms with Crippen LogP contribution in [0.5, 0.6) is 5.75 Å². The van der Waals surface area contributed by atoms with Crippen molar-refractivity contribution in [3.63, 3.8) is 0 Å². The Bertz CT molecular complexity index is 470. The lowest BCUT2D eigenvalue weighted by Gasteiger charge is -2.28. The van der Waals surface area contributed by atoms with E-state index in [0.717, 1.165) is 24.8 Å². The zero-order valence-electron chi connectivity index (χ0n) is 11.3. The predicted molar refractivity (Wildman–Crippen MR) is 72.0 cm³/mol. The molecule has 1 saturated carbocycles. The van der Waals surface area contributed by atoms with Crippen molar-refractivity contribution in [2.75, 3.05) is 7.11 Å². The van der Waals surface area contributed by atoms with Gasteiger partial charge >= 0.3 is 0 Å². The molecule has 2 N–H and O–H groups in total. The van der Waals surface area contributed by atoms with Gasteiger partial charge in [-0.3, -0.25) is 4.79 Å². The number of carbonyl (C=O) groups is 1. The summed E-state index contributed by atoms with van der Waals surface area (Å²) in [5.74, 6) is 0.763. The highest BCUT2D eigenvalue weighted by atomic mass is 16.5. The number of hydrogen-bond donors (Lipinski definition) is 1. The minimum absolute atomic E-state index is 0.0461. The molecule has 0 aromatic heterocycles. The van der Waals surface area contributed by atoms with E-state index in [1.807, 2.05) is 32.0 Å². The number of ether oxygens (including phenoxy) is 1. The van der Waals surface area contributed by atoms with E-state index < -0.39 is 5.41 Å². The fourth-order valence-electron chi connectivity index (χ4n) is 2.78. The van der Waals surface area contributed by atoms with E-state index in [2.05, 4.69) is 0 Å². The summed E-state index contributed by atoms with van der Waals surface area (Å²) in [6.45, 7) is 3.96. The average Bonchev–Trinajstić information content (AvgIpc) is 2.70. The Balaban J connectivity index is 2.42. The first kappa shape index (κ1) is 13.1. The monoisotopic (exact) mass is 247 g/mol. The largest absolute Gasteiger partial charge is 0.496 e. The molecule has 98 valence electrons. The molecular formula is C15H21NO2. The van der Waals surface area contributed by atoms with E-state index in [4.69, 9.17) is 10.5 Å². The van der Waals surface area contributed by atoms with E-state index in [1.165, 1.54) is 0 Å². The number of rotatable bonds is 3. The van der Waals surface area contributed by atoms with E-state index in [-0.39, 0.29) is 11.8 Å². The van der Waals surface area contributed by atoms with Crippen LogP contribution in [0.3, 0.4) is 0 Å². The second kappa shape index (κ2) is 4.73. The van der Waals surface area contributed by atoms with Gasteiger partial charge in [0.2, 0.25) is 0 Å². The maximum atomic E-state index is 12.8. The van der Waals surface area contributed by atoms with E-state index in [9.17, 15) is 4.79 Å². The number of nitrogens with two attached hydrogens (primary N) is 1. The zero-order valence-corrected chi connectivity index (χ0v) is 11.3. The van der Waals surface area contributed by atoms with Crippen LogP contribution in [0.15, 0.2) is 18.2 Å². The third-order valence-electron chi connectivity index (χ3n) is 4.15. The van der Waals surface area contributed by atoms with Crippen molar-refractivity contribution in [3.05, 3.63) is 29.3 Å². The van der Waals surface area contributed by atoms with Gasteiger partial charge in [0.25, 0.3) is 0 Å². The molecule has 2 rings (SSSR count). The maximum absolute atomic E-state index is 12.8. The van der Waals surface area contributed by atoms with Crippen LogP contribution in [0.4, 0.5) is 0 Å². The maximum Gasteiger partial charge on any atom is 0.174 e. The molecule has 0 saturated heterocycles. The van der Waals surface area contributed by atoms with Crippen LogP contribution in [0.25, 0.3) is 0 Å². The summed E-state index contributed by atoms with van der Waals surface area (Å²) < 4.78 is 5.30. The fourth-order valence-corrected chi connectivity index (χ4v) is 2.78. The van der Waals surface area contributed by atoms with E-state index in [0.29, 0.717) is 11.3 Å². The third kappa shape index (κ3) is 2.03. The molecule has 1 aromatic carbocycles. The second-order valence-electron chi connectivity index (χ2n) is 5.45. The lowest BCUT2D eigenvalue weighted by Crippen LogP contribution is -2.41. The van der Waals surface area contributed by atoms with Crippen LogP contribution >= 0.6 is 0 Å². The molecule has 0 spiro atoms. The lowest BCUT2D eigenvalue weighted by molar-refractivity contribution is 0.0799. The SMILES string of the molecule is COc1ccc(C)cc1C(=O)C1(C)CCCC1N. The number of aryl methyl sites for hydroxylation is 1. The van der Waals surface area contributed by atoms with Crippen LogP contribution in [0.1, 0.15) is 42.1 Å². The summed E-state index contributed by atoms with van der Waals surface area (Å²) in [6.07, 6.45) is 2.82. The summed E-state index contributed by atoms with van der Waals surface area (Å²) in [4.78, 5) is 12.8. The van der Waals surface area contributed by atoms with Gasteiger partial charge in [0.15, 0.2) is 5.78 Å². The number of carbonyl (C=O) groups excluding carboxylic acids is 1. The van der Waals surface area contributed by atoms with Crippen molar-refractivity contribution in [1.29, 1.82) is 0 Å². The van der Waals surface area contributed by atoms with Gasteiger partial charge in [-0.1, -0.05) is 25.0 Å². The molecule has 3 nitrogen and oxygen atoms in total. The summed E-state index contributed by atoms with van der Waals surface area (Å²) >= 11 is 0. The molecule has 18 heavy (non-hydrogen) atoms. The molecule has 1 aromatic rings. The first-order chi connectivity index (χ1) is 8.49. The van der Waals surface area contributed by atoms with E-state index >= 15 is 0 Å². The van der Waals surface area contributed by atoms with Crippen molar-refractivity contribution < 1.29 is 9.53 Å². The molecule has 1 aliphatic rings. The Kier molecular flexibility index (Phi) is 3.44. The molecule has 1 aliphatic carbocycles. The van der Waals surface area contributed by atoms with Crippen molar-refractivity contribution in [2.24, 2.45) is 11.1 Å². The van der Waals surface area contributed by atoms with Crippen LogP contribution in [0.2, 0.25) is 0 Å². The smallest absolute Gasteiger partial charge is 0.174 e. The molecule has 0 aliphatic heterocycles. The Hall–Kier alpha value is -1.35. The van der Waals surface area contributed by atoms with Gasteiger partial charge in [-0.05, 0) is 31.9 Å². The summed E-state index contributed by atoms with van der Waals surface area (Å²) in [6, 6.07) is 5.66. The van der Waals surface area contributed by atoms with Crippen molar-refractivity contribution >= 4 is 5.78 Å². The molecule has 2 atom stereocenters. The van der Waals surface area contributed by atoms with Gasteiger partial charge in [0.05, 0.1) is 12.7 Å². The Morgan fingerprint density at radius 1 is 1.50 bits per heavy atom. The number of benzene rings is 1. The first-order valence-corrected chi connectivity index (χ1v) is 6.44. The first-order valence-electron chi connectivity index (χ1n) is 6.44. The lowest BCUT2D eigenvalue weighted by atomic mass is 9.77. The van der Waals surface area contributed by atoms with Gasteiger partial charge in [0, 0.05) is 11.5 Å². The third-order valence-corrected chi connectivity index (χ3v) is 4.15. The van der Waals surface area contributed by atoms with Crippen molar-refractivity contribution in [1.82, 2.24) is 0 Å². The standard InChI is InChI=1S/C15H21NO2/c1-10-6-7-12(18-3)11(9-10)14(17)15(2)8-4-5-13(15)16/h6-7,9,13H,4-5,8,16H2,1-3H3. The van der Waals surface area contributed by atoms with E-state index in [1.54, 1.807) is 7.11 Å². The van der Waals surface area contributed by atoms with Crippen molar-refractivity contribution in [3.8, 4) is 5.75 Å². The number of methoxy groups -OCH3 is 1. The van der Waals surface area contributed by atoms with Gasteiger partial charge < -0.3 is 10.5 Å². The number of hydrogen-bond acceptors (Lipinski definition) is 3. The Morgan fingerprint density at radius 3 is 2.78 bits per heavy atom. The molecule has 0 bridgehead atoms. The molecule has 2 unspecified atom stereocenters. The Morgan fingerprint density at radius 2 is 2.22 bits per heavy atom. The summed E-state index contributed by atoms with van der Waals surface area (Å²) in [7, 11) is 1.60. The molecule has 3 heteroatoms. The summed E-state index contributed by atoms with van der Waals surface area (Å²) in [5.41, 5.74) is 7.40. The normalized spacial score (nSPS) is 27.2. The molecule has 1 fully saturated rings. The van der Waals surface area contributed by atoms with Gasteiger partial charge in [0.1, 0.15) is 5.75 Å². The van der Waals surface area contributed by atoms with Crippen LogP contribution in [-0.4, -0.2) is 18.9 Å². The van der Waals surface area contributed by atoms with Crippen molar-refractivity contribution in [2.45, 2.75) is 39.2 Å². The highest BCUT2D eigenvalue weighted by molar-refractivity contribution is 6.03. The number of ketones is 1. The molecule has 0 amide bonds. The fraction of sp³-hybridized carbons (Fsp3) is 0.533. The molecule has 0 radical (unpaired) electrons.